The molecule has 0 spiro atoms. The third-order valence-electron chi connectivity index (χ3n) is 8.45. The van der Waals surface area contributed by atoms with Gasteiger partial charge < -0.3 is 5.32 Å². The number of thioether (sulfide) groups is 1. The molecular weight excluding hydrogens is 585 g/mol. The molecule has 1 fully saturated rings. The van der Waals surface area contributed by atoms with E-state index in [2.05, 4.69) is 15.3 Å². The normalized spacial score (nSPS) is 18.6. The van der Waals surface area contributed by atoms with Gasteiger partial charge in [0.05, 0.1) is 16.7 Å². The van der Waals surface area contributed by atoms with E-state index in [4.69, 9.17) is 0 Å². The summed E-state index contributed by atoms with van der Waals surface area (Å²) in [6.45, 7) is 7.64. The average molecular weight is 615 g/mol. The Morgan fingerprint density at radius 1 is 0.773 bits per heavy atom. The Kier molecular flexibility index (Phi) is 7.36. The Morgan fingerprint density at radius 3 is 1.73 bits per heavy atom. The Hall–Kier alpha value is -4.44. The fraction of sp³-hybridized carbons (Fsp3) is 0.235. The van der Waals surface area contributed by atoms with Gasteiger partial charge in [0, 0.05) is 38.9 Å². The lowest BCUT2D eigenvalue weighted by Crippen LogP contribution is -2.55. The molecule has 0 radical (unpaired) electrons. The van der Waals surface area contributed by atoms with Crippen molar-refractivity contribution in [2.24, 2.45) is 0 Å². The molecule has 3 heterocycles. The first kappa shape index (κ1) is 29.6. The molecule has 44 heavy (non-hydrogen) atoms. The van der Waals surface area contributed by atoms with Gasteiger partial charge in [0.25, 0.3) is 5.91 Å². The summed E-state index contributed by atoms with van der Waals surface area (Å²) in [6, 6.07) is 23.9. The zero-order valence-electron chi connectivity index (χ0n) is 24.4. The third kappa shape index (κ3) is 5.06. The van der Waals surface area contributed by atoms with E-state index < -0.39 is 34.8 Å². The first-order chi connectivity index (χ1) is 20.9. The van der Waals surface area contributed by atoms with Gasteiger partial charge in [0.1, 0.15) is 5.54 Å². The number of benzene rings is 3. The summed E-state index contributed by atoms with van der Waals surface area (Å²) >= 11 is -0.253. The Bertz CT molecular complexity index is 1840. The van der Waals surface area contributed by atoms with E-state index in [1.54, 1.807) is 0 Å². The molecule has 2 atom stereocenters. The standard InChI is InChI=1S/C34H29F3N4O2S/c1-19-17-27(25-9-5-7-11-29(25)38-19)21(3)33(22(4)28-18-20(2)39-30-12-8-6-10-26(28)30)31(42)41(32(43)40-33)23-13-15-24(16-14-23)44-34(35,36)37/h5-18,21-22H,1-4H3,(H,40,43). The molecule has 1 N–H and O–H groups in total. The number of pyridine rings is 2. The van der Waals surface area contributed by atoms with Gasteiger partial charge in [-0.3, -0.25) is 14.8 Å². The number of alkyl halides is 3. The molecule has 1 aliphatic rings. The summed E-state index contributed by atoms with van der Waals surface area (Å²) in [6.07, 6.45) is 0. The van der Waals surface area contributed by atoms with E-state index in [1.165, 1.54) is 24.3 Å². The van der Waals surface area contributed by atoms with Crippen molar-refractivity contribution in [3.05, 3.63) is 107 Å². The average Bonchev–Trinajstić information content (AvgIpc) is 3.25. The molecular formula is C34H29F3N4O2S. The molecule has 0 aliphatic carbocycles. The van der Waals surface area contributed by atoms with Crippen molar-refractivity contribution in [3.63, 3.8) is 0 Å². The highest BCUT2D eigenvalue weighted by atomic mass is 32.2. The maximum atomic E-state index is 14.8. The van der Waals surface area contributed by atoms with Crippen LogP contribution >= 0.6 is 11.8 Å². The van der Waals surface area contributed by atoms with Crippen LogP contribution in [0.4, 0.5) is 23.7 Å². The number of aryl methyl sites for hydroxylation is 2. The lowest BCUT2D eigenvalue weighted by atomic mass is 9.68. The highest BCUT2D eigenvalue weighted by molar-refractivity contribution is 8.00. The molecule has 0 saturated carbocycles. The predicted octanol–water partition coefficient (Wildman–Crippen LogP) is 8.41. The summed E-state index contributed by atoms with van der Waals surface area (Å²) < 4.78 is 38.9. The number of rotatable bonds is 6. The van der Waals surface area contributed by atoms with Gasteiger partial charge in [-0.2, -0.15) is 13.2 Å². The first-order valence-electron chi connectivity index (χ1n) is 14.1. The number of nitrogens with zero attached hydrogens (tertiary/aromatic N) is 3. The molecule has 1 aliphatic heterocycles. The van der Waals surface area contributed by atoms with Crippen LogP contribution in [-0.2, 0) is 4.79 Å². The monoisotopic (exact) mass is 614 g/mol. The number of carbonyl (C=O) groups excluding carboxylic acids is 2. The van der Waals surface area contributed by atoms with Crippen molar-refractivity contribution in [2.45, 2.75) is 55.5 Å². The number of hydrogen-bond donors (Lipinski definition) is 1. The number of halogens is 3. The second-order valence-electron chi connectivity index (χ2n) is 11.2. The van der Waals surface area contributed by atoms with Gasteiger partial charge in [-0.25, -0.2) is 9.69 Å². The largest absolute Gasteiger partial charge is 0.446 e. The number of imide groups is 1. The number of amides is 3. The van der Waals surface area contributed by atoms with Gasteiger partial charge in [-0.15, -0.1) is 0 Å². The van der Waals surface area contributed by atoms with Crippen LogP contribution < -0.4 is 10.2 Å². The zero-order valence-corrected chi connectivity index (χ0v) is 25.3. The minimum absolute atomic E-state index is 0.0428. The Morgan fingerprint density at radius 2 is 1.25 bits per heavy atom. The molecule has 3 aromatic carbocycles. The van der Waals surface area contributed by atoms with E-state index in [9.17, 15) is 22.8 Å². The summed E-state index contributed by atoms with van der Waals surface area (Å²) in [7, 11) is 0. The van der Waals surface area contributed by atoms with Crippen LogP contribution in [0.25, 0.3) is 21.8 Å². The summed E-state index contributed by atoms with van der Waals surface area (Å²) in [4.78, 5) is 39.0. The minimum Gasteiger partial charge on any atom is -0.322 e. The number of anilines is 1. The summed E-state index contributed by atoms with van der Waals surface area (Å²) in [5, 5.41) is 4.82. The highest BCUT2D eigenvalue weighted by Crippen LogP contribution is 2.48. The van der Waals surface area contributed by atoms with Crippen LogP contribution in [0.3, 0.4) is 0 Å². The molecule has 224 valence electrons. The zero-order chi connectivity index (χ0) is 31.4. The lowest BCUT2D eigenvalue weighted by Gasteiger charge is -2.39. The van der Waals surface area contributed by atoms with Crippen LogP contribution in [-0.4, -0.2) is 33.0 Å². The third-order valence-corrected chi connectivity index (χ3v) is 9.19. The topological polar surface area (TPSA) is 75.2 Å². The second-order valence-corrected chi connectivity index (χ2v) is 12.3. The number of fused-ring (bicyclic) bond motifs is 2. The van der Waals surface area contributed by atoms with Crippen LogP contribution in [0.2, 0.25) is 0 Å². The van der Waals surface area contributed by atoms with Crippen LogP contribution in [0.15, 0.2) is 89.8 Å². The molecule has 6 rings (SSSR count). The molecule has 2 unspecified atom stereocenters. The summed E-state index contributed by atoms with van der Waals surface area (Å²) in [5.74, 6) is -1.58. The fourth-order valence-corrected chi connectivity index (χ4v) is 6.98. The van der Waals surface area contributed by atoms with Crippen molar-refractivity contribution in [1.82, 2.24) is 15.3 Å². The van der Waals surface area contributed by atoms with E-state index in [0.717, 1.165) is 49.2 Å². The number of nitrogens with one attached hydrogen (secondary N) is 1. The molecule has 1 saturated heterocycles. The van der Waals surface area contributed by atoms with Gasteiger partial charge in [0.2, 0.25) is 0 Å². The first-order valence-corrected chi connectivity index (χ1v) is 15.0. The van der Waals surface area contributed by atoms with Crippen molar-refractivity contribution < 1.29 is 22.8 Å². The van der Waals surface area contributed by atoms with Crippen molar-refractivity contribution in [3.8, 4) is 0 Å². The molecule has 6 nitrogen and oxygen atoms in total. The SMILES string of the molecule is Cc1cc(C(C)C2(C(C)c3cc(C)nc4ccccc34)NC(=O)N(c3ccc(SC(F)(F)F)cc3)C2=O)c2ccccc2n1. The van der Waals surface area contributed by atoms with Crippen molar-refractivity contribution in [2.75, 3.05) is 4.90 Å². The van der Waals surface area contributed by atoms with E-state index in [0.29, 0.717) is 0 Å². The van der Waals surface area contributed by atoms with Gasteiger partial charge >= 0.3 is 11.5 Å². The van der Waals surface area contributed by atoms with Crippen LogP contribution in [0.1, 0.15) is 48.2 Å². The van der Waals surface area contributed by atoms with Crippen molar-refractivity contribution >= 4 is 51.2 Å². The van der Waals surface area contributed by atoms with Crippen LogP contribution in [0.5, 0.6) is 0 Å². The second kappa shape index (κ2) is 10.9. The predicted molar refractivity (Wildman–Crippen MR) is 167 cm³/mol. The molecule has 10 heteroatoms. The summed E-state index contributed by atoms with van der Waals surface area (Å²) in [5.41, 5.74) is -0.961. The van der Waals surface area contributed by atoms with E-state index in [-0.39, 0.29) is 22.3 Å². The van der Waals surface area contributed by atoms with Crippen LogP contribution in [0, 0.1) is 13.8 Å². The molecule has 3 amide bonds. The van der Waals surface area contributed by atoms with E-state index >= 15 is 0 Å². The number of urea groups is 1. The van der Waals surface area contributed by atoms with Crippen molar-refractivity contribution in [1.29, 1.82) is 0 Å². The Labute approximate surface area is 256 Å². The van der Waals surface area contributed by atoms with E-state index in [1.807, 2.05) is 88.4 Å². The smallest absolute Gasteiger partial charge is 0.322 e. The van der Waals surface area contributed by atoms with Gasteiger partial charge in [-0.05, 0) is 85.3 Å². The highest BCUT2D eigenvalue weighted by Gasteiger charge is 2.59. The minimum atomic E-state index is -4.46. The van der Waals surface area contributed by atoms with Gasteiger partial charge in [0.15, 0.2) is 0 Å². The number of carbonyl (C=O) groups is 2. The maximum Gasteiger partial charge on any atom is 0.446 e. The molecule has 2 aromatic heterocycles. The number of aromatic nitrogens is 2. The fourth-order valence-electron chi connectivity index (χ4n) is 6.44. The quantitative estimate of drug-likeness (QED) is 0.154. The molecule has 0 bridgehead atoms. The number of para-hydroxylation sites is 2. The lowest BCUT2D eigenvalue weighted by molar-refractivity contribution is -0.123. The van der Waals surface area contributed by atoms with Gasteiger partial charge in [-0.1, -0.05) is 50.2 Å². The molecule has 5 aromatic rings. The maximum absolute atomic E-state index is 14.8. The Balaban J connectivity index is 1.54. The number of hydrogen-bond acceptors (Lipinski definition) is 5.